The molecule has 13 nitrogen and oxygen atoms in total. The zero-order valence-corrected chi connectivity index (χ0v) is 29.2. The van der Waals surface area contributed by atoms with Crippen LogP contribution in [0.5, 0.6) is 6.01 Å². The average molecular weight is 718 g/mol. The largest absolute Gasteiger partial charge is 0.390 e. The summed E-state index contributed by atoms with van der Waals surface area (Å²) in [7, 11) is 0. The van der Waals surface area contributed by atoms with Crippen LogP contribution in [0.3, 0.4) is 0 Å². The maximum Gasteiger partial charge on any atom is 0.330 e. The third kappa shape index (κ3) is 6.21. The number of fused-ring (bicyclic) bond motifs is 2. The number of Topliss-reactive ketones (excluding diaryl/α,β-unsaturated/α-hetero) is 1. The molecule has 2 amide bonds. The molecule has 48 heavy (non-hydrogen) atoms. The molecule has 0 unspecified atom stereocenters. The summed E-state index contributed by atoms with van der Waals surface area (Å²) in [5, 5.41) is 8.09. The average Bonchev–Trinajstić information content (AvgIpc) is 3.38. The van der Waals surface area contributed by atoms with E-state index < -0.39 is 18.1 Å². The van der Waals surface area contributed by atoms with Crippen LogP contribution < -0.4 is 15.8 Å². The van der Waals surface area contributed by atoms with Crippen molar-refractivity contribution in [3.8, 4) is 17.1 Å². The fourth-order valence-electron chi connectivity index (χ4n) is 6.42. The molecule has 0 radical (unpaired) electrons. The van der Waals surface area contributed by atoms with Crippen LogP contribution in [0.15, 0.2) is 41.3 Å². The number of likely N-dealkylation sites (tertiary alicyclic amines) is 1. The first-order chi connectivity index (χ1) is 22.7. The van der Waals surface area contributed by atoms with E-state index in [4.69, 9.17) is 10.5 Å². The number of carbonyl (C=O) groups excluding carboxylic acids is 4. The number of esters is 1. The number of piperidine rings is 1. The smallest absolute Gasteiger partial charge is 0.330 e. The van der Waals surface area contributed by atoms with Crippen molar-refractivity contribution in [2.45, 2.75) is 79.1 Å². The lowest BCUT2D eigenvalue weighted by atomic mass is 10.0. The van der Waals surface area contributed by atoms with E-state index >= 15 is 0 Å². The maximum absolute atomic E-state index is 14.0. The van der Waals surface area contributed by atoms with Crippen LogP contribution in [0.4, 0.5) is 5.82 Å². The van der Waals surface area contributed by atoms with E-state index in [0.29, 0.717) is 38.9 Å². The van der Waals surface area contributed by atoms with E-state index in [-0.39, 0.29) is 53.2 Å². The Kier molecular flexibility index (Phi) is 8.66. The molecule has 3 N–H and O–H groups in total. The number of aromatic nitrogens is 5. The number of ether oxygens (including phenoxy) is 1. The molecule has 0 spiro atoms. The number of halogens is 1. The Labute approximate surface area is 285 Å². The van der Waals surface area contributed by atoms with E-state index in [0.717, 1.165) is 17.5 Å². The summed E-state index contributed by atoms with van der Waals surface area (Å²) in [6.45, 7) is 10.7. The standard InChI is InChI=1S/C34H37BrN8O5/c1-16(2)27(36)32(47)48-33-37-13-21(14-38-33)20-9-18(4)29-22(10-20)28(19(5)44)41-42(29)15-26(45)43-23(11-34(6)12-24(34)43)31(46)40-30-17(3)7-8-25(35)39-30/h7-10,13-14,16,23-24,27H,11-12,15,36H2,1-6H3,(H,39,40,46)/t23-,24+,27-,34-/m0/s1. The first-order valence-corrected chi connectivity index (χ1v) is 16.5. The predicted molar refractivity (Wildman–Crippen MR) is 181 cm³/mol. The number of nitrogens with zero attached hydrogens (tertiary/aromatic N) is 6. The minimum absolute atomic E-state index is 0.0533. The van der Waals surface area contributed by atoms with Crippen molar-refractivity contribution in [1.82, 2.24) is 29.6 Å². The molecule has 2 fully saturated rings. The zero-order valence-electron chi connectivity index (χ0n) is 27.6. The van der Waals surface area contributed by atoms with Gasteiger partial charge in [0.2, 0.25) is 11.8 Å². The van der Waals surface area contributed by atoms with Crippen molar-refractivity contribution in [2.24, 2.45) is 17.1 Å². The second-order valence-electron chi connectivity index (χ2n) is 13.4. The monoisotopic (exact) mass is 716 g/mol. The van der Waals surface area contributed by atoms with E-state index in [1.807, 2.05) is 45.9 Å². The molecule has 0 bridgehead atoms. The van der Waals surface area contributed by atoms with Gasteiger partial charge in [-0.05, 0) is 88.8 Å². The molecule has 3 aromatic heterocycles. The summed E-state index contributed by atoms with van der Waals surface area (Å²) in [4.78, 5) is 67.0. The van der Waals surface area contributed by atoms with E-state index in [2.05, 4.69) is 48.2 Å². The molecular formula is C34H37BrN8O5. The fourth-order valence-corrected chi connectivity index (χ4v) is 6.73. The van der Waals surface area contributed by atoms with Crippen LogP contribution in [0.1, 0.15) is 62.2 Å². The van der Waals surface area contributed by atoms with Crippen molar-refractivity contribution >= 4 is 56.2 Å². The minimum atomic E-state index is -0.799. The number of hydrogen-bond donors (Lipinski definition) is 2. The second kappa shape index (κ2) is 12.5. The van der Waals surface area contributed by atoms with Gasteiger partial charge in [0.15, 0.2) is 5.78 Å². The molecule has 1 aliphatic heterocycles. The molecule has 4 aromatic rings. The van der Waals surface area contributed by atoms with Crippen LogP contribution in [-0.2, 0) is 20.9 Å². The number of benzene rings is 1. The molecule has 1 aromatic carbocycles. The topological polar surface area (TPSA) is 175 Å². The second-order valence-corrected chi connectivity index (χ2v) is 14.2. The Morgan fingerprint density at radius 2 is 1.79 bits per heavy atom. The number of rotatable bonds is 9. The van der Waals surface area contributed by atoms with Gasteiger partial charge in [0.05, 0.1) is 5.52 Å². The predicted octanol–water partition coefficient (Wildman–Crippen LogP) is 4.38. The number of nitrogens with one attached hydrogen (secondary N) is 1. The minimum Gasteiger partial charge on any atom is -0.390 e. The number of carbonyl (C=O) groups is 4. The summed E-state index contributed by atoms with van der Waals surface area (Å²) in [5.41, 5.74) is 9.52. The van der Waals surface area contributed by atoms with Gasteiger partial charge in [-0.1, -0.05) is 26.8 Å². The van der Waals surface area contributed by atoms with Gasteiger partial charge in [0, 0.05) is 36.3 Å². The molecule has 1 aliphatic carbocycles. The number of aryl methyl sites for hydroxylation is 2. The number of hydrogen-bond acceptors (Lipinski definition) is 10. The Balaban J connectivity index is 1.26. The van der Waals surface area contributed by atoms with Crippen LogP contribution in [0.2, 0.25) is 0 Å². The summed E-state index contributed by atoms with van der Waals surface area (Å²) in [5.74, 6) is -1.07. The molecular weight excluding hydrogens is 680 g/mol. The van der Waals surface area contributed by atoms with Crippen molar-refractivity contribution in [1.29, 1.82) is 0 Å². The number of pyridine rings is 1. The van der Waals surface area contributed by atoms with Gasteiger partial charge in [-0.25, -0.2) is 19.7 Å². The summed E-state index contributed by atoms with van der Waals surface area (Å²) < 4.78 is 7.37. The molecule has 1 saturated heterocycles. The Morgan fingerprint density at radius 3 is 2.46 bits per heavy atom. The van der Waals surface area contributed by atoms with Crippen LogP contribution >= 0.6 is 15.9 Å². The van der Waals surface area contributed by atoms with E-state index in [1.165, 1.54) is 19.3 Å². The lowest BCUT2D eigenvalue weighted by Crippen LogP contribution is -2.47. The van der Waals surface area contributed by atoms with E-state index in [9.17, 15) is 19.2 Å². The Hall–Kier alpha value is -4.56. The SMILES string of the molecule is CC(=O)c1nn(CC(=O)N2[C@H](C(=O)Nc3nc(Br)ccc3C)C[C@@]3(C)C[C@@H]23)c2c(C)cc(-c3cnc(OC(=O)[C@@H](N)C(C)C)nc3)cc12. The maximum atomic E-state index is 14.0. The van der Waals surface area contributed by atoms with Crippen molar-refractivity contribution in [2.75, 3.05) is 5.32 Å². The molecule has 14 heteroatoms. The lowest BCUT2D eigenvalue weighted by Gasteiger charge is -2.27. The zero-order chi connectivity index (χ0) is 34.7. The summed E-state index contributed by atoms with van der Waals surface area (Å²) >= 11 is 3.35. The van der Waals surface area contributed by atoms with Gasteiger partial charge in [-0.3, -0.25) is 19.1 Å². The molecule has 4 heterocycles. The number of nitrogens with two attached hydrogens (primary N) is 1. The van der Waals surface area contributed by atoms with Crippen LogP contribution in [0.25, 0.3) is 22.0 Å². The van der Waals surface area contributed by atoms with Crippen LogP contribution in [0, 0.1) is 25.2 Å². The highest BCUT2D eigenvalue weighted by Crippen LogP contribution is 2.59. The van der Waals surface area contributed by atoms with Gasteiger partial charge in [-0.2, -0.15) is 5.10 Å². The van der Waals surface area contributed by atoms with Gasteiger partial charge in [0.1, 0.15) is 34.7 Å². The molecule has 6 rings (SSSR count). The fraction of sp³-hybridized carbons (Fsp3) is 0.412. The van der Waals surface area contributed by atoms with Gasteiger partial charge in [-0.15, -0.1) is 0 Å². The van der Waals surface area contributed by atoms with Crippen molar-refractivity contribution < 1.29 is 23.9 Å². The highest BCUT2D eigenvalue weighted by Gasteiger charge is 2.64. The van der Waals surface area contributed by atoms with E-state index in [1.54, 1.807) is 15.6 Å². The lowest BCUT2D eigenvalue weighted by molar-refractivity contribution is -0.138. The Morgan fingerprint density at radius 1 is 1.08 bits per heavy atom. The number of amides is 2. The number of anilines is 1. The van der Waals surface area contributed by atoms with Gasteiger partial charge >= 0.3 is 12.0 Å². The highest BCUT2D eigenvalue weighted by molar-refractivity contribution is 9.10. The highest BCUT2D eigenvalue weighted by atomic mass is 79.9. The van der Waals surface area contributed by atoms with Gasteiger partial charge in [0.25, 0.3) is 0 Å². The summed E-state index contributed by atoms with van der Waals surface area (Å²) in [6, 6.07) is 5.74. The van der Waals surface area contributed by atoms with Crippen LogP contribution in [-0.4, -0.2) is 71.3 Å². The third-order valence-electron chi connectivity index (χ3n) is 9.33. The van der Waals surface area contributed by atoms with Crippen molar-refractivity contribution in [3.63, 3.8) is 0 Å². The van der Waals surface area contributed by atoms with Crippen molar-refractivity contribution in [3.05, 3.63) is 58.1 Å². The Bertz CT molecular complexity index is 1980. The molecule has 250 valence electrons. The first-order valence-electron chi connectivity index (χ1n) is 15.7. The van der Waals surface area contributed by atoms with Gasteiger partial charge < -0.3 is 20.7 Å². The third-order valence-corrected chi connectivity index (χ3v) is 9.77. The summed E-state index contributed by atoms with van der Waals surface area (Å²) in [6.07, 6.45) is 4.42. The number of ketones is 1. The molecule has 2 aliphatic rings. The first kappa shape index (κ1) is 33.3. The quantitative estimate of drug-likeness (QED) is 0.144. The molecule has 1 saturated carbocycles. The normalized spacial score (nSPS) is 20.5. The molecule has 4 atom stereocenters.